The van der Waals surface area contributed by atoms with Gasteiger partial charge in [-0.1, -0.05) is 12.1 Å². The maximum atomic E-state index is 12.0. The van der Waals surface area contributed by atoms with E-state index >= 15 is 0 Å². The van der Waals surface area contributed by atoms with Crippen LogP contribution in [-0.4, -0.2) is 51.5 Å². The normalized spacial score (nSPS) is 15.1. The van der Waals surface area contributed by atoms with Crippen LogP contribution in [0.15, 0.2) is 48.7 Å². The Labute approximate surface area is 184 Å². The minimum Gasteiger partial charge on any atom is -0.475 e. The van der Waals surface area contributed by atoms with Gasteiger partial charge in [0.15, 0.2) is 0 Å². The first-order chi connectivity index (χ1) is 15.6. The first-order valence-corrected chi connectivity index (χ1v) is 9.44. The zero-order chi connectivity index (χ0) is 24.2. The molecule has 3 aromatic rings. The first-order valence-electron chi connectivity index (χ1n) is 9.44. The number of hydrogen-bond acceptors (Lipinski definition) is 7. The van der Waals surface area contributed by atoms with E-state index in [9.17, 15) is 22.8 Å². The Bertz CT molecular complexity index is 1170. The van der Waals surface area contributed by atoms with Gasteiger partial charge >= 0.3 is 18.1 Å². The number of nitrogens with one attached hydrogen (secondary N) is 2. The molecule has 1 saturated heterocycles. The van der Waals surface area contributed by atoms with Gasteiger partial charge in [0.1, 0.15) is 5.52 Å². The van der Waals surface area contributed by atoms with Crippen molar-refractivity contribution in [1.29, 1.82) is 0 Å². The monoisotopic (exact) mass is 465 g/mol. The SMILES string of the molecule is NOC(=O)c1cccc2cn(-c3ccc(NC(=O)C4CCN4)cc3)nc12.O=C(O)C(F)(F)F. The highest BCUT2D eigenvalue weighted by atomic mass is 19.4. The molecule has 0 bridgehead atoms. The van der Waals surface area contributed by atoms with Crippen LogP contribution < -0.4 is 16.5 Å². The average Bonchev–Trinajstić information content (AvgIpc) is 3.16. The fourth-order valence-corrected chi connectivity index (χ4v) is 2.85. The lowest BCUT2D eigenvalue weighted by molar-refractivity contribution is -0.192. The molecule has 0 spiro atoms. The second-order valence-corrected chi connectivity index (χ2v) is 6.86. The summed E-state index contributed by atoms with van der Waals surface area (Å²) in [5, 5.41) is 18.3. The number of anilines is 1. The molecular formula is C20H18F3N5O5. The Morgan fingerprint density at radius 1 is 1.18 bits per heavy atom. The number of hydrogen-bond donors (Lipinski definition) is 4. The van der Waals surface area contributed by atoms with Gasteiger partial charge in [-0.2, -0.15) is 24.2 Å². The molecule has 4 rings (SSSR count). The van der Waals surface area contributed by atoms with Crippen molar-refractivity contribution in [2.75, 3.05) is 11.9 Å². The molecule has 33 heavy (non-hydrogen) atoms. The number of amides is 1. The van der Waals surface area contributed by atoms with E-state index in [2.05, 4.69) is 20.6 Å². The summed E-state index contributed by atoms with van der Waals surface area (Å²) >= 11 is 0. The third-order valence-electron chi connectivity index (χ3n) is 4.65. The van der Waals surface area contributed by atoms with Gasteiger partial charge in [-0.15, -0.1) is 0 Å². The van der Waals surface area contributed by atoms with Crippen molar-refractivity contribution in [2.24, 2.45) is 5.90 Å². The molecule has 1 aliphatic rings. The lowest BCUT2D eigenvalue weighted by Crippen LogP contribution is -2.50. The minimum absolute atomic E-state index is 0.0289. The van der Waals surface area contributed by atoms with E-state index in [0.717, 1.165) is 29.7 Å². The molecule has 0 radical (unpaired) electrons. The number of nitrogens with two attached hydrogens (primary N) is 1. The second-order valence-electron chi connectivity index (χ2n) is 6.86. The number of alkyl halides is 3. The maximum absolute atomic E-state index is 12.0. The molecule has 2 heterocycles. The van der Waals surface area contributed by atoms with Crippen LogP contribution in [0.1, 0.15) is 16.8 Å². The van der Waals surface area contributed by atoms with Crippen molar-refractivity contribution in [2.45, 2.75) is 18.6 Å². The number of halogens is 3. The van der Waals surface area contributed by atoms with E-state index in [-0.39, 0.29) is 11.9 Å². The molecule has 13 heteroatoms. The van der Waals surface area contributed by atoms with E-state index in [4.69, 9.17) is 15.8 Å². The Morgan fingerprint density at radius 3 is 2.33 bits per heavy atom. The number of nitrogens with zero attached hydrogens (tertiary/aromatic N) is 2. The predicted octanol–water partition coefficient (Wildman–Crippen LogP) is 1.99. The molecule has 1 unspecified atom stereocenters. The largest absolute Gasteiger partial charge is 0.490 e. The van der Waals surface area contributed by atoms with Gasteiger partial charge < -0.3 is 20.6 Å². The van der Waals surface area contributed by atoms with Gasteiger partial charge in [0.2, 0.25) is 5.91 Å². The molecule has 0 saturated carbocycles. The number of carboxylic acid groups (broad SMARTS) is 1. The standard InChI is InChI=1S/C18H17N5O3.C2HF3O2/c19-26-18(25)14-3-1-2-11-10-23(22-16(11)14)13-6-4-12(5-7-13)21-17(24)15-8-9-20-15;3-2(4,5)1(6)7/h1-7,10,15,20H,8-9,19H2,(H,21,24);(H,6,7). The third kappa shape index (κ3) is 5.64. The lowest BCUT2D eigenvalue weighted by atomic mass is 10.1. The molecule has 2 aromatic carbocycles. The maximum Gasteiger partial charge on any atom is 0.490 e. The Hall–Kier alpha value is -3.97. The highest BCUT2D eigenvalue weighted by Crippen LogP contribution is 2.21. The smallest absolute Gasteiger partial charge is 0.475 e. The van der Waals surface area contributed by atoms with E-state index < -0.39 is 18.1 Å². The zero-order valence-corrected chi connectivity index (χ0v) is 16.8. The van der Waals surface area contributed by atoms with E-state index in [1.54, 1.807) is 16.8 Å². The molecule has 10 nitrogen and oxygen atoms in total. The van der Waals surface area contributed by atoms with Crippen molar-refractivity contribution >= 4 is 34.4 Å². The van der Waals surface area contributed by atoms with E-state index in [0.29, 0.717) is 11.1 Å². The van der Waals surface area contributed by atoms with Gasteiger partial charge in [0.25, 0.3) is 0 Å². The quantitative estimate of drug-likeness (QED) is 0.428. The number of carbonyl (C=O) groups excluding carboxylic acids is 2. The number of aliphatic carboxylic acids is 1. The zero-order valence-electron chi connectivity index (χ0n) is 16.8. The number of carboxylic acids is 1. The fourth-order valence-electron chi connectivity index (χ4n) is 2.85. The van der Waals surface area contributed by atoms with Crippen molar-refractivity contribution in [3.8, 4) is 5.69 Å². The number of fused-ring (bicyclic) bond motifs is 1. The Balaban J connectivity index is 0.000000383. The summed E-state index contributed by atoms with van der Waals surface area (Å²) in [5.74, 6) is 1.56. The summed E-state index contributed by atoms with van der Waals surface area (Å²) in [6.45, 7) is 0.879. The lowest BCUT2D eigenvalue weighted by Gasteiger charge is -2.26. The van der Waals surface area contributed by atoms with Crippen LogP contribution in [0.5, 0.6) is 0 Å². The average molecular weight is 465 g/mol. The second kappa shape index (κ2) is 9.67. The van der Waals surface area contributed by atoms with Crippen molar-refractivity contribution in [3.63, 3.8) is 0 Å². The van der Waals surface area contributed by atoms with E-state index in [1.165, 1.54) is 0 Å². The molecular weight excluding hydrogens is 447 g/mol. The van der Waals surface area contributed by atoms with Crippen LogP contribution in [0.2, 0.25) is 0 Å². The Kier molecular flexibility index (Phi) is 6.94. The van der Waals surface area contributed by atoms with Gasteiger partial charge in [-0.05, 0) is 43.3 Å². The molecule has 174 valence electrons. The van der Waals surface area contributed by atoms with Gasteiger partial charge in [0.05, 0.1) is 17.3 Å². The number of rotatable bonds is 4. The van der Waals surface area contributed by atoms with Crippen LogP contribution >= 0.6 is 0 Å². The van der Waals surface area contributed by atoms with Crippen LogP contribution in [0, 0.1) is 0 Å². The summed E-state index contributed by atoms with van der Waals surface area (Å²) < 4.78 is 33.4. The highest BCUT2D eigenvalue weighted by Gasteiger charge is 2.38. The summed E-state index contributed by atoms with van der Waals surface area (Å²) in [6, 6.07) is 12.4. The number of carbonyl (C=O) groups is 3. The van der Waals surface area contributed by atoms with Crippen LogP contribution in [0.3, 0.4) is 0 Å². The summed E-state index contributed by atoms with van der Waals surface area (Å²) in [5.41, 5.74) is 2.33. The van der Waals surface area contributed by atoms with Gasteiger partial charge in [0, 0.05) is 17.3 Å². The van der Waals surface area contributed by atoms with Crippen molar-refractivity contribution in [1.82, 2.24) is 15.1 Å². The molecule has 0 aliphatic carbocycles. The summed E-state index contributed by atoms with van der Waals surface area (Å²) in [4.78, 5) is 36.9. The third-order valence-corrected chi connectivity index (χ3v) is 4.65. The summed E-state index contributed by atoms with van der Waals surface area (Å²) in [7, 11) is 0. The highest BCUT2D eigenvalue weighted by molar-refractivity contribution is 6.02. The van der Waals surface area contributed by atoms with E-state index in [1.807, 2.05) is 36.5 Å². The molecule has 1 fully saturated rings. The topological polar surface area (TPSA) is 149 Å². The molecule has 1 aromatic heterocycles. The number of benzene rings is 2. The van der Waals surface area contributed by atoms with Crippen LogP contribution in [-0.2, 0) is 14.4 Å². The molecule has 1 amide bonds. The predicted molar refractivity (Wildman–Crippen MR) is 109 cm³/mol. The molecule has 5 N–H and O–H groups in total. The van der Waals surface area contributed by atoms with Crippen molar-refractivity contribution in [3.05, 3.63) is 54.2 Å². The van der Waals surface area contributed by atoms with Crippen LogP contribution in [0.4, 0.5) is 18.9 Å². The van der Waals surface area contributed by atoms with Crippen molar-refractivity contribution < 1.29 is 37.5 Å². The minimum atomic E-state index is -5.08. The molecule has 1 aliphatic heterocycles. The van der Waals surface area contributed by atoms with Gasteiger partial charge in [-0.25, -0.2) is 14.3 Å². The van der Waals surface area contributed by atoms with Crippen LogP contribution in [0.25, 0.3) is 16.6 Å². The first kappa shape index (κ1) is 23.7. The molecule has 1 atom stereocenters. The van der Waals surface area contributed by atoms with Gasteiger partial charge in [-0.3, -0.25) is 4.79 Å². The summed E-state index contributed by atoms with van der Waals surface area (Å²) in [6.07, 6.45) is -2.41. The Morgan fingerprint density at radius 2 is 1.82 bits per heavy atom. The fraction of sp³-hybridized carbons (Fsp3) is 0.200. The number of aromatic nitrogens is 2.